The van der Waals surface area contributed by atoms with E-state index in [9.17, 15) is 4.79 Å². The summed E-state index contributed by atoms with van der Waals surface area (Å²) in [6, 6.07) is 5.98. The van der Waals surface area contributed by atoms with Crippen molar-refractivity contribution in [2.24, 2.45) is 5.73 Å². The molecule has 0 bridgehead atoms. The lowest BCUT2D eigenvalue weighted by Gasteiger charge is -2.23. The highest BCUT2D eigenvalue weighted by Crippen LogP contribution is 2.27. The first-order valence-electron chi connectivity index (χ1n) is 6.63. The number of carbonyl (C=O) groups is 1. The molecular formula is C16H18N2OS2. The van der Waals surface area contributed by atoms with Crippen molar-refractivity contribution in [3.8, 4) is 11.8 Å². The number of nitrogens with one attached hydrogen (secondary N) is 1. The van der Waals surface area contributed by atoms with E-state index in [0.29, 0.717) is 18.0 Å². The summed E-state index contributed by atoms with van der Waals surface area (Å²) < 4.78 is 0. The van der Waals surface area contributed by atoms with Crippen molar-refractivity contribution in [1.29, 1.82) is 0 Å². The fraction of sp³-hybridized carbons (Fsp3) is 0.312. The maximum atomic E-state index is 12.3. The highest BCUT2D eigenvalue weighted by molar-refractivity contribution is 7.12. The number of hydrogen-bond acceptors (Lipinski definition) is 4. The third-order valence-electron chi connectivity index (χ3n) is 3.08. The fourth-order valence-corrected chi connectivity index (χ4v) is 3.48. The van der Waals surface area contributed by atoms with E-state index in [0.717, 1.165) is 5.56 Å². The molecule has 0 saturated carbocycles. The van der Waals surface area contributed by atoms with Gasteiger partial charge in [-0.2, -0.15) is 0 Å². The summed E-state index contributed by atoms with van der Waals surface area (Å²) in [6.07, 6.45) is 0. The number of thiophene rings is 2. The summed E-state index contributed by atoms with van der Waals surface area (Å²) in [5.74, 6) is 5.65. The highest BCUT2D eigenvalue weighted by atomic mass is 32.1. The van der Waals surface area contributed by atoms with E-state index in [1.54, 1.807) is 11.3 Å². The summed E-state index contributed by atoms with van der Waals surface area (Å²) in [5.41, 5.74) is 6.04. The summed E-state index contributed by atoms with van der Waals surface area (Å²) in [4.78, 5) is 14.2. The molecule has 3 N–H and O–H groups in total. The molecule has 21 heavy (non-hydrogen) atoms. The molecule has 0 saturated heterocycles. The van der Waals surface area contributed by atoms with E-state index in [2.05, 4.69) is 42.5 Å². The zero-order chi connectivity index (χ0) is 15.3. The first-order chi connectivity index (χ1) is 10.0. The Kier molecular flexibility index (Phi) is 5.18. The van der Waals surface area contributed by atoms with Crippen LogP contribution in [0.3, 0.4) is 0 Å². The van der Waals surface area contributed by atoms with Gasteiger partial charge in [-0.25, -0.2) is 0 Å². The molecular weight excluding hydrogens is 300 g/mol. The van der Waals surface area contributed by atoms with Crippen molar-refractivity contribution in [1.82, 2.24) is 5.32 Å². The first kappa shape index (κ1) is 15.8. The van der Waals surface area contributed by atoms with E-state index in [1.807, 2.05) is 17.5 Å². The minimum absolute atomic E-state index is 0.0732. The minimum atomic E-state index is -0.0792. The van der Waals surface area contributed by atoms with Crippen LogP contribution in [0.15, 0.2) is 29.0 Å². The van der Waals surface area contributed by atoms with Gasteiger partial charge in [0.1, 0.15) is 4.88 Å². The Morgan fingerprint density at radius 3 is 2.81 bits per heavy atom. The Bertz CT molecular complexity index is 660. The van der Waals surface area contributed by atoms with Gasteiger partial charge in [0.05, 0.1) is 6.54 Å². The molecule has 1 amide bonds. The van der Waals surface area contributed by atoms with Gasteiger partial charge in [0.2, 0.25) is 0 Å². The van der Waals surface area contributed by atoms with E-state index in [1.165, 1.54) is 16.2 Å². The molecule has 0 aromatic carbocycles. The predicted octanol–water partition coefficient (Wildman–Crippen LogP) is 2.83. The summed E-state index contributed by atoms with van der Waals surface area (Å²) in [6.45, 7) is 5.14. The molecule has 3 nitrogen and oxygen atoms in total. The maximum Gasteiger partial charge on any atom is 0.262 e. The second kappa shape index (κ2) is 6.90. The zero-order valence-corrected chi connectivity index (χ0v) is 13.7. The van der Waals surface area contributed by atoms with E-state index >= 15 is 0 Å². The second-order valence-corrected chi connectivity index (χ2v) is 7.08. The SMILES string of the molecule is CC(C)(CNC(=O)c1sccc1C#CCN)c1cccs1. The Morgan fingerprint density at radius 1 is 1.33 bits per heavy atom. The van der Waals surface area contributed by atoms with Gasteiger partial charge in [-0.05, 0) is 22.9 Å². The molecule has 0 aliphatic rings. The fourth-order valence-electron chi connectivity index (χ4n) is 1.86. The molecule has 110 valence electrons. The Hall–Kier alpha value is -1.61. The van der Waals surface area contributed by atoms with Crippen LogP contribution in [-0.2, 0) is 5.41 Å². The van der Waals surface area contributed by atoms with Gasteiger partial charge < -0.3 is 11.1 Å². The van der Waals surface area contributed by atoms with Crippen LogP contribution in [0.1, 0.15) is 34.0 Å². The smallest absolute Gasteiger partial charge is 0.262 e. The first-order valence-corrected chi connectivity index (χ1v) is 8.39. The van der Waals surface area contributed by atoms with Crippen LogP contribution in [0, 0.1) is 11.8 Å². The molecule has 2 aromatic heterocycles. The zero-order valence-electron chi connectivity index (χ0n) is 12.1. The highest BCUT2D eigenvalue weighted by Gasteiger charge is 2.23. The lowest BCUT2D eigenvalue weighted by Crippen LogP contribution is -2.36. The molecule has 0 spiro atoms. The number of carbonyl (C=O) groups excluding carboxylic acids is 1. The molecule has 5 heteroatoms. The normalized spacial score (nSPS) is 10.8. The number of nitrogens with two attached hydrogens (primary N) is 1. The van der Waals surface area contributed by atoms with Crippen LogP contribution < -0.4 is 11.1 Å². The topological polar surface area (TPSA) is 55.1 Å². The molecule has 0 unspecified atom stereocenters. The van der Waals surface area contributed by atoms with Gasteiger partial charge in [0.15, 0.2) is 0 Å². The van der Waals surface area contributed by atoms with Crippen LogP contribution in [0.5, 0.6) is 0 Å². The number of rotatable bonds is 4. The van der Waals surface area contributed by atoms with Crippen molar-refractivity contribution in [2.45, 2.75) is 19.3 Å². The van der Waals surface area contributed by atoms with Crippen LogP contribution in [0.25, 0.3) is 0 Å². The molecule has 2 aromatic rings. The number of hydrogen-bond donors (Lipinski definition) is 2. The van der Waals surface area contributed by atoms with Gasteiger partial charge in [0, 0.05) is 22.4 Å². The predicted molar refractivity (Wildman–Crippen MR) is 89.9 cm³/mol. The van der Waals surface area contributed by atoms with Gasteiger partial charge in [-0.15, -0.1) is 22.7 Å². The second-order valence-electron chi connectivity index (χ2n) is 5.21. The van der Waals surface area contributed by atoms with Crippen LogP contribution in [-0.4, -0.2) is 19.0 Å². The Labute approximate surface area is 133 Å². The van der Waals surface area contributed by atoms with Gasteiger partial charge in [0.25, 0.3) is 5.91 Å². The minimum Gasteiger partial charge on any atom is -0.350 e. The van der Waals surface area contributed by atoms with Gasteiger partial charge in [-0.1, -0.05) is 31.8 Å². The third kappa shape index (κ3) is 3.94. The van der Waals surface area contributed by atoms with E-state index < -0.39 is 0 Å². The van der Waals surface area contributed by atoms with Crippen molar-refractivity contribution < 1.29 is 4.79 Å². The molecule has 0 aliphatic carbocycles. The summed E-state index contributed by atoms with van der Waals surface area (Å²) in [7, 11) is 0. The standard InChI is InChI=1S/C16H18N2OS2/c1-16(2,13-6-4-9-20-13)11-18-15(19)14-12(5-3-8-17)7-10-21-14/h4,6-7,9-10H,8,11,17H2,1-2H3,(H,18,19). The largest absolute Gasteiger partial charge is 0.350 e. The molecule has 0 atom stereocenters. The molecule has 0 radical (unpaired) electrons. The molecule has 2 rings (SSSR count). The summed E-state index contributed by atoms with van der Waals surface area (Å²) >= 11 is 3.11. The quantitative estimate of drug-likeness (QED) is 0.852. The van der Waals surface area contributed by atoms with Crippen molar-refractivity contribution in [3.05, 3.63) is 44.3 Å². The maximum absolute atomic E-state index is 12.3. The van der Waals surface area contributed by atoms with Gasteiger partial charge in [-0.3, -0.25) is 4.79 Å². The summed E-state index contributed by atoms with van der Waals surface area (Å²) in [5, 5.41) is 6.94. The number of amides is 1. The van der Waals surface area contributed by atoms with Crippen LogP contribution in [0.2, 0.25) is 0 Å². The third-order valence-corrected chi connectivity index (χ3v) is 5.22. The van der Waals surface area contributed by atoms with Crippen LogP contribution >= 0.6 is 22.7 Å². The average Bonchev–Trinajstić information content (AvgIpc) is 3.13. The van der Waals surface area contributed by atoms with Crippen molar-refractivity contribution in [3.63, 3.8) is 0 Å². The lowest BCUT2D eigenvalue weighted by molar-refractivity contribution is 0.0950. The average molecular weight is 318 g/mol. The van der Waals surface area contributed by atoms with Crippen molar-refractivity contribution in [2.75, 3.05) is 13.1 Å². The van der Waals surface area contributed by atoms with E-state index in [4.69, 9.17) is 5.73 Å². The molecule has 2 heterocycles. The Morgan fingerprint density at radius 2 is 2.14 bits per heavy atom. The lowest BCUT2D eigenvalue weighted by atomic mass is 9.91. The monoisotopic (exact) mass is 318 g/mol. The molecule has 0 aliphatic heterocycles. The van der Waals surface area contributed by atoms with Crippen molar-refractivity contribution >= 4 is 28.6 Å². The molecule has 0 fully saturated rings. The van der Waals surface area contributed by atoms with E-state index in [-0.39, 0.29) is 11.3 Å². The Balaban J connectivity index is 2.04. The van der Waals surface area contributed by atoms with Crippen LogP contribution in [0.4, 0.5) is 0 Å². The van der Waals surface area contributed by atoms with Gasteiger partial charge >= 0.3 is 0 Å².